The van der Waals surface area contributed by atoms with Crippen molar-refractivity contribution in [3.8, 4) is 0 Å². The smallest absolute Gasteiger partial charge is 0.0858 e. The summed E-state index contributed by atoms with van der Waals surface area (Å²) in [5.41, 5.74) is 11.3. The van der Waals surface area contributed by atoms with E-state index >= 15 is 0 Å². The summed E-state index contributed by atoms with van der Waals surface area (Å²) in [5.74, 6) is 2.25. The van der Waals surface area contributed by atoms with Crippen LogP contribution in [0.2, 0.25) is 0 Å². The molecule has 0 amide bonds. The van der Waals surface area contributed by atoms with Crippen LogP contribution in [0.3, 0.4) is 0 Å². The quantitative estimate of drug-likeness (QED) is 0.229. The Morgan fingerprint density at radius 1 is 0.809 bits per heavy atom. The van der Waals surface area contributed by atoms with Gasteiger partial charge < -0.3 is 5.32 Å². The van der Waals surface area contributed by atoms with Crippen LogP contribution in [0.15, 0.2) is 106 Å². The van der Waals surface area contributed by atoms with Crippen molar-refractivity contribution in [1.82, 2.24) is 21.3 Å². The van der Waals surface area contributed by atoms with E-state index in [1.807, 2.05) is 5.57 Å². The summed E-state index contributed by atoms with van der Waals surface area (Å²) in [4.78, 5) is 0. The lowest BCUT2D eigenvalue weighted by Gasteiger charge is -2.51. The van der Waals surface area contributed by atoms with Crippen LogP contribution in [-0.4, -0.2) is 24.5 Å². The van der Waals surface area contributed by atoms with E-state index in [2.05, 4.69) is 109 Å². The molecule has 1 saturated heterocycles. The molecule has 47 heavy (non-hydrogen) atoms. The van der Waals surface area contributed by atoms with E-state index in [0.29, 0.717) is 29.7 Å². The van der Waals surface area contributed by atoms with Gasteiger partial charge in [0.05, 0.1) is 18.5 Å². The van der Waals surface area contributed by atoms with Gasteiger partial charge in [-0.2, -0.15) is 0 Å². The zero-order chi connectivity index (χ0) is 32.0. The van der Waals surface area contributed by atoms with Gasteiger partial charge in [0.25, 0.3) is 0 Å². The first-order valence-electron chi connectivity index (χ1n) is 19.2. The number of hydrogen-bond acceptors (Lipinski definition) is 4. The van der Waals surface area contributed by atoms with Gasteiger partial charge in [0.2, 0.25) is 0 Å². The number of fused-ring (bicyclic) bond motifs is 2. The largest absolute Gasteiger partial charge is 0.386 e. The Bertz CT molecular complexity index is 1510. The van der Waals surface area contributed by atoms with Crippen molar-refractivity contribution in [1.29, 1.82) is 0 Å². The molecule has 9 unspecified atom stereocenters. The second kappa shape index (κ2) is 13.3. The van der Waals surface area contributed by atoms with Crippen LogP contribution < -0.4 is 21.3 Å². The van der Waals surface area contributed by atoms with Gasteiger partial charge in [0.15, 0.2) is 0 Å². The second-order valence-corrected chi connectivity index (χ2v) is 16.1. The van der Waals surface area contributed by atoms with Crippen LogP contribution in [0.1, 0.15) is 104 Å². The van der Waals surface area contributed by atoms with Gasteiger partial charge >= 0.3 is 0 Å². The van der Waals surface area contributed by atoms with Crippen LogP contribution in [0.4, 0.5) is 0 Å². The monoisotopic (exact) mass is 630 g/mol. The first kappa shape index (κ1) is 31.6. The minimum Gasteiger partial charge on any atom is -0.386 e. The molecule has 2 aliphatic heterocycles. The molecule has 8 aliphatic rings. The van der Waals surface area contributed by atoms with E-state index in [1.165, 1.54) is 81.1 Å². The molecule has 0 spiro atoms. The van der Waals surface area contributed by atoms with Gasteiger partial charge in [-0.3, -0.25) is 16.0 Å². The van der Waals surface area contributed by atoms with E-state index in [1.54, 1.807) is 16.7 Å². The average Bonchev–Trinajstić information content (AvgIpc) is 3.11. The number of rotatable bonds is 5. The van der Waals surface area contributed by atoms with E-state index in [9.17, 15) is 0 Å². The second-order valence-electron chi connectivity index (χ2n) is 16.1. The number of allylic oxidation sites excluding steroid dienone is 14. The van der Waals surface area contributed by atoms with Crippen LogP contribution in [0.25, 0.3) is 0 Å². The summed E-state index contributed by atoms with van der Waals surface area (Å²) >= 11 is 0. The topological polar surface area (TPSA) is 48.1 Å². The highest BCUT2D eigenvalue weighted by atomic mass is 15.4. The van der Waals surface area contributed by atoms with E-state index in [0.717, 1.165) is 19.3 Å². The lowest BCUT2D eigenvalue weighted by atomic mass is 9.53. The van der Waals surface area contributed by atoms with Gasteiger partial charge in [-0.1, -0.05) is 79.3 Å². The fraction of sp³-hybridized carbons (Fsp3) is 0.581. The maximum absolute atomic E-state index is 4.12. The molecule has 0 bridgehead atoms. The molecule has 4 heteroatoms. The Morgan fingerprint density at radius 3 is 2.53 bits per heavy atom. The summed E-state index contributed by atoms with van der Waals surface area (Å²) in [6.45, 7) is 7.31. The molecule has 0 radical (unpaired) electrons. The molecule has 8 rings (SSSR count). The van der Waals surface area contributed by atoms with E-state index in [-0.39, 0.29) is 23.9 Å². The van der Waals surface area contributed by atoms with Gasteiger partial charge in [-0.15, -0.1) is 0 Å². The van der Waals surface area contributed by atoms with Gasteiger partial charge in [-0.05, 0) is 148 Å². The highest BCUT2D eigenvalue weighted by Crippen LogP contribution is 2.58. The molecule has 4 nitrogen and oxygen atoms in total. The third kappa shape index (κ3) is 6.08. The Balaban J connectivity index is 1.17. The fourth-order valence-electron chi connectivity index (χ4n) is 10.7. The standard InChI is InChI=1S/C43H58N4/c1-28-20-24-35(29(2)44-28)36-25-22-33(27-38(36)37-19-12-17-30-21-23-34-18-10-11-26-43(34,3)39(30)37)42-46-40(31-13-6-4-7-14-31)45-41(47-42)32-15-8-5-9-16-32/h6,8,10,12-15,17-18,22,25,28,32,34,37-38,40-42,44-47H,4-5,7,9,11,16,19-21,23-24,26-27H2,1-3H3. The maximum Gasteiger partial charge on any atom is 0.0858 e. The molecule has 250 valence electrons. The highest BCUT2D eigenvalue weighted by Gasteiger charge is 2.48. The number of hydrogen-bond donors (Lipinski definition) is 4. The van der Waals surface area contributed by atoms with Crippen LogP contribution >= 0.6 is 0 Å². The van der Waals surface area contributed by atoms with Gasteiger partial charge in [-0.25, -0.2) is 0 Å². The lowest BCUT2D eigenvalue weighted by molar-refractivity contribution is 0.177. The average molecular weight is 631 g/mol. The molecular weight excluding hydrogens is 573 g/mol. The Labute approximate surface area is 284 Å². The third-order valence-corrected chi connectivity index (χ3v) is 13.2. The predicted octanol–water partition coefficient (Wildman–Crippen LogP) is 8.94. The Kier molecular flexibility index (Phi) is 8.96. The SMILES string of the molecule is CC1=C(C2=CC=C(C3NC(C4=CCCC=C4)NC(C4C=CCCC4)N3)CC2C2CC=CC3=C2C2(C)CCC=CC2CC3)CCC(C)N1. The maximum atomic E-state index is 4.12. The normalized spacial score (nSPS) is 40.3. The first-order chi connectivity index (χ1) is 23.0. The molecule has 0 aromatic rings. The Morgan fingerprint density at radius 2 is 1.70 bits per heavy atom. The van der Waals surface area contributed by atoms with Crippen molar-refractivity contribution in [3.05, 3.63) is 106 Å². The lowest BCUT2D eigenvalue weighted by Crippen LogP contribution is -2.69. The molecule has 9 atom stereocenters. The highest BCUT2D eigenvalue weighted by molar-refractivity contribution is 5.49. The molecule has 0 saturated carbocycles. The van der Waals surface area contributed by atoms with Gasteiger partial charge in [0.1, 0.15) is 0 Å². The summed E-state index contributed by atoms with van der Waals surface area (Å²) in [7, 11) is 0. The van der Waals surface area contributed by atoms with Crippen molar-refractivity contribution >= 4 is 0 Å². The van der Waals surface area contributed by atoms with Crippen molar-refractivity contribution in [3.63, 3.8) is 0 Å². The molecular formula is C43H58N4. The van der Waals surface area contributed by atoms with E-state index in [4.69, 9.17) is 0 Å². The summed E-state index contributed by atoms with van der Waals surface area (Å²) < 4.78 is 0. The molecule has 6 aliphatic carbocycles. The summed E-state index contributed by atoms with van der Waals surface area (Å²) in [6.07, 6.45) is 43.6. The molecule has 1 fully saturated rings. The third-order valence-electron chi connectivity index (χ3n) is 13.2. The molecule has 0 aromatic carbocycles. The predicted molar refractivity (Wildman–Crippen MR) is 196 cm³/mol. The molecule has 0 aromatic heterocycles. The van der Waals surface area contributed by atoms with Crippen LogP contribution in [-0.2, 0) is 0 Å². The number of nitrogens with one attached hydrogen (secondary N) is 4. The van der Waals surface area contributed by atoms with Crippen LogP contribution in [0, 0.1) is 29.1 Å². The minimum atomic E-state index is 0.151. The van der Waals surface area contributed by atoms with E-state index < -0.39 is 0 Å². The van der Waals surface area contributed by atoms with Crippen molar-refractivity contribution < 1.29 is 0 Å². The summed E-state index contributed by atoms with van der Waals surface area (Å²) in [6, 6.07) is 0.556. The molecule has 2 heterocycles. The van der Waals surface area contributed by atoms with Crippen molar-refractivity contribution in [2.75, 3.05) is 0 Å². The first-order valence-corrected chi connectivity index (χ1v) is 19.2. The van der Waals surface area contributed by atoms with Crippen molar-refractivity contribution in [2.45, 2.75) is 129 Å². The minimum absolute atomic E-state index is 0.151. The fourth-order valence-corrected chi connectivity index (χ4v) is 10.7. The summed E-state index contributed by atoms with van der Waals surface area (Å²) in [5, 5.41) is 16.1. The molecule has 4 N–H and O–H groups in total. The Hall–Kier alpha value is -2.66. The zero-order valence-electron chi connectivity index (χ0n) is 29.2. The van der Waals surface area contributed by atoms with Gasteiger partial charge in [0, 0.05) is 17.7 Å². The zero-order valence-corrected chi connectivity index (χ0v) is 29.2. The van der Waals surface area contributed by atoms with Crippen molar-refractivity contribution in [2.24, 2.45) is 29.1 Å². The van der Waals surface area contributed by atoms with Crippen LogP contribution in [0.5, 0.6) is 0 Å².